The lowest BCUT2D eigenvalue weighted by Gasteiger charge is -2.38. The third kappa shape index (κ3) is 2.70. The van der Waals surface area contributed by atoms with Gasteiger partial charge in [0.05, 0.1) is 28.8 Å². The maximum atomic E-state index is 12.4. The fourth-order valence-electron chi connectivity index (χ4n) is 2.75. The van der Waals surface area contributed by atoms with E-state index in [4.69, 9.17) is 27.9 Å². The Balaban J connectivity index is 2.18. The maximum absolute atomic E-state index is 12.4. The second-order valence-electron chi connectivity index (χ2n) is 5.22. The highest BCUT2D eigenvalue weighted by molar-refractivity contribution is 6.42. The molecule has 2 N–H and O–H groups in total. The Labute approximate surface area is 147 Å². The molecule has 2 aliphatic heterocycles. The van der Waals surface area contributed by atoms with Gasteiger partial charge in [0.1, 0.15) is 5.70 Å². The maximum Gasteiger partial charge on any atom is 0.338 e. The minimum absolute atomic E-state index is 0.00655. The van der Waals surface area contributed by atoms with Crippen LogP contribution in [0.4, 0.5) is 4.79 Å². The Morgan fingerprint density at radius 2 is 2.04 bits per heavy atom. The fraction of sp³-hybridized carbons (Fsp3) is 0.267. The Bertz CT molecular complexity index is 778. The monoisotopic (exact) mass is 369 g/mol. The molecule has 0 bridgehead atoms. The van der Waals surface area contributed by atoms with Crippen molar-refractivity contribution in [1.29, 1.82) is 0 Å². The number of urea groups is 1. The minimum atomic E-state index is -0.866. The lowest BCUT2D eigenvalue weighted by Crippen LogP contribution is -2.57. The Morgan fingerprint density at radius 1 is 1.29 bits per heavy atom. The number of benzene rings is 1. The van der Waals surface area contributed by atoms with Gasteiger partial charge in [0.15, 0.2) is 0 Å². The van der Waals surface area contributed by atoms with Crippen LogP contribution in [0.1, 0.15) is 11.6 Å². The van der Waals surface area contributed by atoms with Crippen molar-refractivity contribution >= 4 is 41.1 Å². The summed E-state index contributed by atoms with van der Waals surface area (Å²) >= 11 is 11.9. The summed E-state index contributed by atoms with van der Waals surface area (Å²) in [6, 6.07) is 3.38. The first-order valence-corrected chi connectivity index (χ1v) is 7.83. The van der Waals surface area contributed by atoms with Crippen molar-refractivity contribution < 1.29 is 19.1 Å². The number of carbonyl (C=O) groups excluding carboxylic acids is 3. The molecule has 2 aliphatic rings. The molecular weight excluding hydrogens is 357 g/mol. The normalized spacial score (nSPS) is 20.3. The molecule has 24 heavy (non-hydrogen) atoms. The molecule has 0 aromatic heterocycles. The summed E-state index contributed by atoms with van der Waals surface area (Å²) in [6.07, 6.45) is 0. The van der Waals surface area contributed by atoms with Gasteiger partial charge >= 0.3 is 12.0 Å². The zero-order valence-electron chi connectivity index (χ0n) is 12.6. The van der Waals surface area contributed by atoms with Crippen molar-refractivity contribution in [2.45, 2.75) is 6.04 Å². The van der Waals surface area contributed by atoms with E-state index in [0.717, 1.165) is 0 Å². The van der Waals surface area contributed by atoms with E-state index in [-0.39, 0.29) is 22.8 Å². The zero-order chi connectivity index (χ0) is 17.4. The Hall–Kier alpha value is -2.25. The highest BCUT2D eigenvalue weighted by Crippen LogP contribution is 2.34. The van der Waals surface area contributed by atoms with Crippen LogP contribution in [0, 0.1) is 0 Å². The average Bonchev–Trinajstić information content (AvgIpc) is 2.57. The van der Waals surface area contributed by atoms with Crippen LogP contribution in [0.3, 0.4) is 0 Å². The SMILES string of the molecule is COC(=O)C1=C2C(=O)NCCN2C(=O)N[C@@H]1c1ccc(Cl)c(Cl)c1. The van der Waals surface area contributed by atoms with Crippen LogP contribution in [0.2, 0.25) is 10.0 Å². The van der Waals surface area contributed by atoms with E-state index in [1.807, 2.05) is 0 Å². The van der Waals surface area contributed by atoms with E-state index in [1.54, 1.807) is 12.1 Å². The number of hydrogen-bond donors (Lipinski definition) is 2. The molecule has 3 rings (SSSR count). The van der Waals surface area contributed by atoms with Gasteiger partial charge in [0.25, 0.3) is 5.91 Å². The number of ether oxygens (including phenoxy) is 1. The number of piperazine rings is 1. The molecule has 0 unspecified atom stereocenters. The molecule has 1 atom stereocenters. The number of halogens is 2. The number of carbonyl (C=O) groups is 3. The molecule has 1 fully saturated rings. The quantitative estimate of drug-likeness (QED) is 0.775. The molecule has 7 nitrogen and oxygen atoms in total. The molecule has 3 amide bonds. The number of amides is 3. The van der Waals surface area contributed by atoms with E-state index < -0.39 is 23.9 Å². The van der Waals surface area contributed by atoms with Gasteiger partial charge in [0, 0.05) is 13.1 Å². The molecule has 0 radical (unpaired) electrons. The van der Waals surface area contributed by atoms with Gasteiger partial charge in [-0.2, -0.15) is 0 Å². The molecule has 0 saturated carbocycles. The number of methoxy groups -OCH3 is 1. The molecule has 9 heteroatoms. The Kier molecular flexibility index (Phi) is 4.38. The third-order valence-electron chi connectivity index (χ3n) is 3.85. The predicted octanol–water partition coefficient (Wildman–Crippen LogP) is 1.62. The van der Waals surface area contributed by atoms with Crippen LogP contribution in [-0.2, 0) is 14.3 Å². The van der Waals surface area contributed by atoms with Crippen LogP contribution in [-0.4, -0.2) is 43.0 Å². The number of esters is 1. The number of rotatable bonds is 2. The van der Waals surface area contributed by atoms with Crippen LogP contribution in [0.25, 0.3) is 0 Å². The Morgan fingerprint density at radius 3 is 2.71 bits per heavy atom. The van der Waals surface area contributed by atoms with Gasteiger partial charge in [-0.3, -0.25) is 9.69 Å². The zero-order valence-corrected chi connectivity index (χ0v) is 14.1. The van der Waals surface area contributed by atoms with E-state index in [9.17, 15) is 14.4 Å². The fourth-order valence-corrected chi connectivity index (χ4v) is 3.05. The molecule has 1 aromatic carbocycles. The smallest absolute Gasteiger partial charge is 0.338 e. The summed E-state index contributed by atoms with van der Waals surface area (Å²) in [6.45, 7) is 0.573. The van der Waals surface area contributed by atoms with Gasteiger partial charge in [0.2, 0.25) is 0 Å². The highest BCUT2D eigenvalue weighted by atomic mass is 35.5. The van der Waals surface area contributed by atoms with Crippen molar-refractivity contribution in [3.8, 4) is 0 Å². The molecule has 0 aliphatic carbocycles. The second-order valence-corrected chi connectivity index (χ2v) is 6.03. The first-order valence-electron chi connectivity index (χ1n) is 7.07. The van der Waals surface area contributed by atoms with Crippen molar-refractivity contribution in [3.05, 3.63) is 45.1 Å². The van der Waals surface area contributed by atoms with Crippen LogP contribution in [0.15, 0.2) is 29.5 Å². The van der Waals surface area contributed by atoms with Crippen molar-refractivity contribution in [3.63, 3.8) is 0 Å². The topological polar surface area (TPSA) is 87.7 Å². The van der Waals surface area contributed by atoms with E-state index in [2.05, 4.69) is 10.6 Å². The summed E-state index contributed by atoms with van der Waals surface area (Å²) in [5.41, 5.74) is 0.560. The van der Waals surface area contributed by atoms with E-state index in [0.29, 0.717) is 17.1 Å². The van der Waals surface area contributed by atoms with Crippen molar-refractivity contribution in [2.75, 3.05) is 20.2 Å². The summed E-state index contributed by atoms with van der Waals surface area (Å²) in [4.78, 5) is 38.2. The highest BCUT2D eigenvalue weighted by Gasteiger charge is 2.42. The number of fused-ring (bicyclic) bond motifs is 1. The largest absolute Gasteiger partial charge is 0.466 e. The summed E-state index contributed by atoms with van der Waals surface area (Å²) in [7, 11) is 1.21. The van der Waals surface area contributed by atoms with Crippen molar-refractivity contribution in [1.82, 2.24) is 15.5 Å². The number of nitrogens with one attached hydrogen (secondary N) is 2. The van der Waals surface area contributed by atoms with Gasteiger partial charge in [-0.05, 0) is 17.7 Å². The molecular formula is C15H13Cl2N3O4. The van der Waals surface area contributed by atoms with E-state index >= 15 is 0 Å². The minimum Gasteiger partial charge on any atom is -0.466 e. The summed E-state index contributed by atoms with van der Waals surface area (Å²) < 4.78 is 4.81. The summed E-state index contributed by atoms with van der Waals surface area (Å²) in [5.74, 6) is -1.20. The predicted molar refractivity (Wildman–Crippen MR) is 86.5 cm³/mol. The van der Waals surface area contributed by atoms with Crippen LogP contribution >= 0.6 is 23.2 Å². The van der Waals surface area contributed by atoms with Crippen molar-refractivity contribution in [2.24, 2.45) is 0 Å². The van der Waals surface area contributed by atoms with Gasteiger partial charge in [-0.1, -0.05) is 29.3 Å². The van der Waals surface area contributed by atoms with E-state index in [1.165, 1.54) is 18.1 Å². The molecule has 2 heterocycles. The molecule has 1 aromatic rings. The standard InChI is InChI=1S/C15H13Cl2N3O4/c1-24-14(22)10-11(7-2-3-8(16)9(17)6-7)19-15(23)20-5-4-18-13(21)12(10)20/h2-3,6,11H,4-5H2,1H3,(H,18,21)(H,19,23)/t11-/m1/s1. The number of hydrogen-bond acceptors (Lipinski definition) is 4. The molecule has 126 valence electrons. The van der Waals surface area contributed by atoms with Gasteiger partial charge in [-0.15, -0.1) is 0 Å². The van der Waals surface area contributed by atoms with Gasteiger partial charge in [-0.25, -0.2) is 9.59 Å². The molecule has 0 spiro atoms. The average molecular weight is 370 g/mol. The van der Waals surface area contributed by atoms with Crippen LogP contribution < -0.4 is 10.6 Å². The van der Waals surface area contributed by atoms with Crippen LogP contribution in [0.5, 0.6) is 0 Å². The lowest BCUT2D eigenvalue weighted by atomic mass is 9.93. The molecule has 1 saturated heterocycles. The summed E-state index contributed by atoms with van der Waals surface area (Å²) in [5, 5.41) is 5.95. The first kappa shape index (κ1) is 16.6. The van der Waals surface area contributed by atoms with Gasteiger partial charge < -0.3 is 15.4 Å². The third-order valence-corrected chi connectivity index (χ3v) is 4.58. The first-order chi connectivity index (χ1) is 11.4. The number of nitrogens with zero attached hydrogens (tertiary/aromatic N) is 1. The lowest BCUT2D eigenvalue weighted by molar-refractivity contribution is -0.137. The second kappa shape index (κ2) is 6.33.